The van der Waals surface area contributed by atoms with Crippen LogP contribution < -0.4 is 5.73 Å². The Balaban J connectivity index is 2.63. The molecule has 0 aliphatic heterocycles. The number of primary amides is 1. The molecule has 0 heterocycles. The number of carbonyl (C=O) groups excluding carboxylic acids is 1. The van der Waals surface area contributed by atoms with E-state index in [9.17, 15) is 4.79 Å². The normalized spacial score (nSPS) is 10.5. The number of thioether (sulfide) groups is 1. The van der Waals surface area contributed by atoms with Crippen molar-refractivity contribution in [2.45, 2.75) is 30.4 Å². The van der Waals surface area contributed by atoms with Gasteiger partial charge in [-0.1, -0.05) is 26.0 Å². The third-order valence-corrected chi connectivity index (χ3v) is 2.69. The van der Waals surface area contributed by atoms with Crippen molar-refractivity contribution in [3.63, 3.8) is 0 Å². The summed E-state index contributed by atoms with van der Waals surface area (Å²) < 4.78 is 0. The Labute approximate surface area is 88.9 Å². The molecule has 0 aliphatic rings. The van der Waals surface area contributed by atoms with Crippen LogP contribution in [0.5, 0.6) is 0 Å². The van der Waals surface area contributed by atoms with Crippen LogP contribution in [0.1, 0.15) is 19.4 Å². The third kappa shape index (κ3) is 3.83. The summed E-state index contributed by atoms with van der Waals surface area (Å²) in [7, 11) is 0. The van der Waals surface area contributed by atoms with Gasteiger partial charge in [-0.05, 0) is 17.7 Å². The second-order valence-corrected chi connectivity index (χ2v) is 5.10. The molecule has 0 aliphatic carbocycles. The van der Waals surface area contributed by atoms with Gasteiger partial charge in [-0.25, -0.2) is 0 Å². The van der Waals surface area contributed by atoms with Gasteiger partial charge in [-0.3, -0.25) is 4.79 Å². The minimum Gasteiger partial charge on any atom is -0.369 e. The highest BCUT2D eigenvalue weighted by molar-refractivity contribution is 7.99. The SMILES string of the molecule is CC(C)Sc1ccc(CC(N)=O)cc1. The van der Waals surface area contributed by atoms with Crippen LogP contribution in [0.4, 0.5) is 0 Å². The summed E-state index contributed by atoms with van der Waals surface area (Å²) in [6.07, 6.45) is 0.326. The highest BCUT2D eigenvalue weighted by atomic mass is 32.2. The lowest BCUT2D eigenvalue weighted by atomic mass is 10.1. The highest BCUT2D eigenvalue weighted by Crippen LogP contribution is 2.22. The molecular formula is C11H15NOS. The fraction of sp³-hybridized carbons (Fsp3) is 0.364. The molecule has 0 radical (unpaired) electrons. The van der Waals surface area contributed by atoms with Crippen LogP contribution in [0.25, 0.3) is 0 Å². The van der Waals surface area contributed by atoms with Crippen molar-refractivity contribution in [3.05, 3.63) is 29.8 Å². The van der Waals surface area contributed by atoms with Gasteiger partial charge in [0.25, 0.3) is 0 Å². The molecule has 0 bridgehead atoms. The quantitative estimate of drug-likeness (QED) is 0.773. The molecule has 0 fully saturated rings. The first-order valence-electron chi connectivity index (χ1n) is 4.62. The molecule has 76 valence electrons. The molecule has 0 unspecified atom stereocenters. The largest absolute Gasteiger partial charge is 0.369 e. The van der Waals surface area contributed by atoms with Crippen LogP contribution in [-0.4, -0.2) is 11.2 Å². The van der Waals surface area contributed by atoms with Gasteiger partial charge in [-0.2, -0.15) is 0 Å². The van der Waals surface area contributed by atoms with E-state index in [2.05, 4.69) is 13.8 Å². The van der Waals surface area contributed by atoms with Crippen molar-refractivity contribution in [3.8, 4) is 0 Å². The first-order valence-corrected chi connectivity index (χ1v) is 5.50. The van der Waals surface area contributed by atoms with E-state index in [1.807, 2.05) is 36.0 Å². The number of hydrogen-bond acceptors (Lipinski definition) is 2. The Morgan fingerprint density at radius 2 is 1.93 bits per heavy atom. The summed E-state index contributed by atoms with van der Waals surface area (Å²) in [5.41, 5.74) is 6.08. The number of amides is 1. The molecule has 2 N–H and O–H groups in total. The standard InChI is InChI=1S/C11H15NOS/c1-8(2)14-10-5-3-9(4-6-10)7-11(12)13/h3-6,8H,7H2,1-2H3,(H2,12,13). The van der Waals surface area contributed by atoms with Crippen LogP contribution in [0.3, 0.4) is 0 Å². The van der Waals surface area contributed by atoms with E-state index < -0.39 is 0 Å². The van der Waals surface area contributed by atoms with Crippen molar-refractivity contribution >= 4 is 17.7 Å². The molecule has 1 rings (SSSR count). The fourth-order valence-electron chi connectivity index (χ4n) is 1.16. The van der Waals surface area contributed by atoms with Crippen LogP contribution >= 0.6 is 11.8 Å². The monoisotopic (exact) mass is 209 g/mol. The molecule has 1 aromatic rings. The molecule has 0 spiro atoms. The Morgan fingerprint density at radius 3 is 2.36 bits per heavy atom. The first-order chi connectivity index (χ1) is 6.58. The summed E-state index contributed by atoms with van der Waals surface area (Å²) >= 11 is 1.81. The number of hydrogen-bond donors (Lipinski definition) is 1. The maximum absolute atomic E-state index is 10.6. The van der Waals surface area contributed by atoms with Gasteiger partial charge in [0.2, 0.25) is 5.91 Å². The Morgan fingerprint density at radius 1 is 1.36 bits per heavy atom. The van der Waals surface area contributed by atoms with E-state index >= 15 is 0 Å². The average molecular weight is 209 g/mol. The number of benzene rings is 1. The predicted octanol–water partition coefficient (Wildman–Crippen LogP) is 2.21. The van der Waals surface area contributed by atoms with E-state index in [-0.39, 0.29) is 5.91 Å². The number of carbonyl (C=O) groups is 1. The first kappa shape index (κ1) is 11.1. The molecule has 1 amide bonds. The van der Waals surface area contributed by atoms with E-state index in [0.29, 0.717) is 11.7 Å². The lowest BCUT2D eigenvalue weighted by Crippen LogP contribution is -2.13. The molecule has 0 atom stereocenters. The maximum atomic E-state index is 10.6. The van der Waals surface area contributed by atoms with Crippen LogP contribution in [-0.2, 0) is 11.2 Å². The molecule has 3 heteroatoms. The van der Waals surface area contributed by atoms with E-state index in [0.717, 1.165) is 5.56 Å². The van der Waals surface area contributed by atoms with Gasteiger partial charge < -0.3 is 5.73 Å². The lowest BCUT2D eigenvalue weighted by Gasteiger charge is -2.05. The van der Waals surface area contributed by atoms with Crippen molar-refractivity contribution in [2.24, 2.45) is 5.73 Å². The van der Waals surface area contributed by atoms with Gasteiger partial charge in [-0.15, -0.1) is 11.8 Å². The topological polar surface area (TPSA) is 43.1 Å². The second-order valence-electron chi connectivity index (χ2n) is 3.45. The molecular weight excluding hydrogens is 194 g/mol. The minimum atomic E-state index is -0.283. The van der Waals surface area contributed by atoms with Gasteiger partial charge in [0.1, 0.15) is 0 Å². The lowest BCUT2D eigenvalue weighted by molar-refractivity contribution is -0.117. The summed E-state index contributed by atoms with van der Waals surface area (Å²) in [4.78, 5) is 11.9. The maximum Gasteiger partial charge on any atom is 0.221 e. The molecule has 0 saturated carbocycles. The Bertz CT molecular complexity index is 306. The van der Waals surface area contributed by atoms with Crippen molar-refractivity contribution in [2.75, 3.05) is 0 Å². The smallest absolute Gasteiger partial charge is 0.221 e. The van der Waals surface area contributed by atoms with Crippen molar-refractivity contribution in [1.82, 2.24) is 0 Å². The van der Waals surface area contributed by atoms with E-state index in [1.165, 1.54) is 4.90 Å². The second kappa shape index (κ2) is 5.05. The highest BCUT2D eigenvalue weighted by Gasteiger charge is 2.00. The minimum absolute atomic E-state index is 0.283. The summed E-state index contributed by atoms with van der Waals surface area (Å²) in [6, 6.07) is 7.97. The van der Waals surface area contributed by atoms with Crippen LogP contribution in [0.2, 0.25) is 0 Å². The van der Waals surface area contributed by atoms with Gasteiger partial charge in [0.15, 0.2) is 0 Å². The van der Waals surface area contributed by atoms with Gasteiger partial charge in [0.05, 0.1) is 6.42 Å². The zero-order chi connectivity index (χ0) is 10.6. The van der Waals surface area contributed by atoms with Crippen LogP contribution in [0.15, 0.2) is 29.2 Å². The Hall–Kier alpha value is -0.960. The van der Waals surface area contributed by atoms with E-state index in [1.54, 1.807) is 0 Å². The summed E-state index contributed by atoms with van der Waals surface area (Å²) in [5.74, 6) is -0.283. The average Bonchev–Trinajstić information content (AvgIpc) is 2.06. The van der Waals surface area contributed by atoms with Gasteiger partial charge in [0, 0.05) is 10.1 Å². The predicted molar refractivity (Wildman–Crippen MR) is 60.3 cm³/mol. The van der Waals surface area contributed by atoms with Crippen molar-refractivity contribution < 1.29 is 4.79 Å². The van der Waals surface area contributed by atoms with Gasteiger partial charge >= 0.3 is 0 Å². The van der Waals surface area contributed by atoms with E-state index in [4.69, 9.17) is 5.73 Å². The third-order valence-electron chi connectivity index (χ3n) is 1.67. The molecule has 2 nitrogen and oxygen atoms in total. The zero-order valence-corrected chi connectivity index (χ0v) is 9.30. The Kier molecular flexibility index (Phi) is 4.01. The summed E-state index contributed by atoms with van der Waals surface area (Å²) in [5, 5.41) is 0.581. The fourth-order valence-corrected chi connectivity index (χ4v) is 2.00. The zero-order valence-electron chi connectivity index (χ0n) is 8.49. The van der Waals surface area contributed by atoms with Crippen molar-refractivity contribution in [1.29, 1.82) is 0 Å². The molecule has 14 heavy (non-hydrogen) atoms. The molecule has 0 saturated heterocycles. The summed E-state index contributed by atoms with van der Waals surface area (Å²) in [6.45, 7) is 4.31. The molecule has 1 aromatic carbocycles. The molecule has 0 aromatic heterocycles. The number of nitrogens with two attached hydrogens (primary N) is 1. The number of rotatable bonds is 4. The van der Waals surface area contributed by atoms with Crippen LogP contribution in [0, 0.1) is 0 Å².